The zero-order valence-electron chi connectivity index (χ0n) is 54.1. The average Bonchev–Trinajstić information content (AvgIpc) is 1.60. The second-order valence-electron chi connectivity index (χ2n) is 25.2. The fourth-order valence-corrected chi connectivity index (χ4v) is 14.8. The maximum Gasteiger partial charge on any atom is 0.138 e. The summed E-state index contributed by atoms with van der Waals surface area (Å²) < 4.78 is 9.34. The Morgan fingerprint density at radius 1 is 0.180 bits per heavy atom. The van der Waals surface area contributed by atoms with Gasteiger partial charge in [-0.15, -0.1) is 0 Å². The molecule has 0 amide bonds. The molecule has 9 aromatic heterocycles. The lowest BCUT2D eigenvalue weighted by atomic mass is 10.0. The molecule has 100 heavy (non-hydrogen) atoms. The molecule has 20 rings (SSSR count). The van der Waals surface area contributed by atoms with Gasteiger partial charge in [0, 0.05) is 84.2 Å². The molecule has 9 nitrogen and oxygen atoms in total. The van der Waals surface area contributed by atoms with E-state index in [9.17, 15) is 0 Å². The van der Waals surface area contributed by atoms with Crippen LogP contribution in [0.25, 0.3) is 178 Å². The first kappa shape index (κ1) is 57.8. The van der Waals surface area contributed by atoms with Gasteiger partial charge in [-0.3, -0.25) is 19.5 Å². The first-order valence-electron chi connectivity index (χ1n) is 33.7. The highest BCUT2D eigenvalue weighted by Gasteiger charge is 2.21. The van der Waals surface area contributed by atoms with E-state index in [1.54, 1.807) is 0 Å². The van der Waals surface area contributed by atoms with Crippen molar-refractivity contribution in [1.82, 2.24) is 43.2 Å². The fraction of sp³-hybridized carbons (Fsp3) is 0. The molecule has 0 aliphatic rings. The molecule has 0 N–H and O–H groups in total. The van der Waals surface area contributed by atoms with Gasteiger partial charge in [0.25, 0.3) is 0 Å². The van der Waals surface area contributed by atoms with Crippen LogP contribution in [0.5, 0.6) is 0 Å². The molecule has 468 valence electrons. The van der Waals surface area contributed by atoms with Gasteiger partial charge in [-0.1, -0.05) is 182 Å². The molecule has 0 saturated heterocycles. The predicted molar refractivity (Wildman–Crippen MR) is 412 cm³/mol. The predicted octanol–water partition coefficient (Wildman–Crippen LogP) is 22.7. The minimum Gasteiger partial charge on any atom is -0.309 e. The minimum absolute atomic E-state index is 0.800. The van der Waals surface area contributed by atoms with E-state index >= 15 is 0 Å². The Morgan fingerprint density at radius 3 is 0.960 bits per heavy atom. The monoisotopic (exact) mass is 1280 g/mol. The molecule has 0 bridgehead atoms. The third-order valence-corrected chi connectivity index (χ3v) is 19.4. The van der Waals surface area contributed by atoms with Gasteiger partial charge < -0.3 is 13.7 Å². The number of hydrogen-bond donors (Lipinski definition) is 0. The van der Waals surface area contributed by atoms with E-state index in [-0.39, 0.29) is 0 Å². The van der Waals surface area contributed by atoms with Gasteiger partial charge >= 0.3 is 0 Å². The average molecular weight is 1280 g/mol. The Labute approximate surface area is 575 Å². The highest BCUT2D eigenvalue weighted by Crippen LogP contribution is 2.42. The van der Waals surface area contributed by atoms with Gasteiger partial charge in [-0.05, 0) is 180 Å². The lowest BCUT2D eigenvalue weighted by Crippen LogP contribution is -1.99. The standard InChI is InChI=1S/C46H30N4.C45H29N5/c1-3-12-31(13-4-1)40-25-22-34(30-47-40)41-18-11-21-46(48-41)50-43-20-10-8-17-37(43)39-29-33(24-27-45(39)50)32-23-26-44-38(28-32)36-16-7-9-19-42(36)49(44)35-14-5-2-6-15-35;1-2-12-32(13-3-1)49-42-18-6-4-14-34(42)36-26-30(20-22-44(36)49)31-21-23-45-37(27-31)35-15-5-7-19-43(35)50(45)33-28-40(38-16-8-10-24-46-38)48-41(29-33)39-17-9-11-25-47-39/h1-30H;1-29H. The summed E-state index contributed by atoms with van der Waals surface area (Å²) in [6.07, 6.45) is 5.53. The van der Waals surface area contributed by atoms with Gasteiger partial charge in [0.15, 0.2) is 0 Å². The Bertz CT molecular complexity index is 6440. The highest BCUT2D eigenvalue weighted by atomic mass is 15.1. The van der Waals surface area contributed by atoms with Crippen LogP contribution < -0.4 is 0 Å². The highest BCUT2D eigenvalue weighted by molar-refractivity contribution is 6.15. The largest absolute Gasteiger partial charge is 0.309 e. The smallest absolute Gasteiger partial charge is 0.138 e. The molecule has 0 radical (unpaired) electrons. The van der Waals surface area contributed by atoms with Crippen molar-refractivity contribution in [3.8, 4) is 90.4 Å². The number of para-hydroxylation sites is 6. The summed E-state index contributed by atoms with van der Waals surface area (Å²) >= 11 is 0. The van der Waals surface area contributed by atoms with Crippen molar-refractivity contribution in [1.29, 1.82) is 0 Å². The van der Waals surface area contributed by atoms with Crippen LogP contribution in [0, 0.1) is 0 Å². The van der Waals surface area contributed by atoms with E-state index in [0.29, 0.717) is 0 Å². The molecular weight excluding hydrogens is 1220 g/mol. The Balaban J connectivity index is 0.000000139. The molecule has 0 unspecified atom stereocenters. The van der Waals surface area contributed by atoms with Crippen LogP contribution in [0.3, 0.4) is 0 Å². The molecule has 0 atom stereocenters. The third-order valence-electron chi connectivity index (χ3n) is 19.4. The van der Waals surface area contributed by atoms with Crippen LogP contribution in [-0.4, -0.2) is 43.2 Å². The number of rotatable bonds is 10. The molecule has 9 heteroatoms. The summed E-state index contributed by atoms with van der Waals surface area (Å²) in [6, 6.07) is 120. The topological polar surface area (TPSA) is 84.2 Å². The molecule has 0 aliphatic carbocycles. The number of pyridine rings is 5. The molecular formula is C91H59N9. The summed E-state index contributed by atoms with van der Waals surface area (Å²) in [5.74, 6) is 0.878. The van der Waals surface area contributed by atoms with Crippen LogP contribution in [-0.2, 0) is 0 Å². The van der Waals surface area contributed by atoms with Gasteiger partial charge in [-0.2, -0.15) is 0 Å². The summed E-state index contributed by atoms with van der Waals surface area (Å²) in [5, 5.41) is 9.78. The number of hydrogen-bond acceptors (Lipinski definition) is 5. The van der Waals surface area contributed by atoms with E-state index in [1.807, 2.05) is 73.2 Å². The Hall–Kier alpha value is -13.6. The molecule has 20 aromatic rings. The number of fused-ring (bicyclic) bond motifs is 12. The number of benzene rings is 11. The Kier molecular flexibility index (Phi) is 14.0. The summed E-state index contributed by atoms with van der Waals surface area (Å²) in [4.78, 5) is 24.2. The molecule has 0 fully saturated rings. The maximum atomic E-state index is 5.18. The lowest BCUT2D eigenvalue weighted by Gasteiger charge is -2.13. The zero-order valence-corrected chi connectivity index (χ0v) is 54.1. The fourth-order valence-electron chi connectivity index (χ4n) is 14.8. The van der Waals surface area contributed by atoms with Crippen LogP contribution in [0.15, 0.2) is 358 Å². The van der Waals surface area contributed by atoms with Crippen LogP contribution in [0.2, 0.25) is 0 Å². The van der Waals surface area contributed by atoms with Crippen molar-refractivity contribution < 1.29 is 0 Å². The Morgan fingerprint density at radius 2 is 0.540 bits per heavy atom. The van der Waals surface area contributed by atoms with Gasteiger partial charge in [-0.25, -0.2) is 9.97 Å². The van der Waals surface area contributed by atoms with Crippen molar-refractivity contribution in [2.45, 2.75) is 0 Å². The van der Waals surface area contributed by atoms with Gasteiger partial charge in [0.1, 0.15) is 5.82 Å². The number of aromatic nitrogens is 9. The van der Waals surface area contributed by atoms with Crippen LogP contribution >= 0.6 is 0 Å². The van der Waals surface area contributed by atoms with Crippen molar-refractivity contribution in [3.05, 3.63) is 358 Å². The normalized spacial score (nSPS) is 11.6. The molecule has 0 spiro atoms. The van der Waals surface area contributed by atoms with E-state index in [2.05, 4.69) is 313 Å². The second-order valence-corrected chi connectivity index (χ2v) is 25.2. The maximum absolute atomic E-state index is 5.18. The van der Waals surface area contributed by atoms with Crippen LogP contribution in [0.4, 0.5) is 0 Å². The van der Waals surface area contributed by atoms with Crippen molar-refractivity contribution in [2.75, 3.05) is 0 Å². The molecule has 9 heterocycles. The third kappa shape index (κ3) is 9.98. The van der Waals surface area contributed by atoms with Crippen molar-refractivity contribution in [3.63, 3.8) is 0 Å². The number of nitrogens with zero attached hydrogens (tertiary/aromatic N) is 9. The van der Waals surface area contributed by atoms with E-state index < -0.39 is 0 Å². The van der Waals surface area contributed by atoms with E-state index in [4.69, 9.17) is 15.0 Å². The molecule has 11 aromatic carbocycles. The van der Waals surface area contributed by atoms with Gasteiger partial charge in [0.05, 0.1) is 84.0 Å². The minimum atomic E-state index is 0.800. The van der Waals surface area contributed by atoms with Gasteiger partial charge in [0.2, 0.25) is 0 Å². The summed E-state index contributed by atoms with van der Waals surface area (Å²) in [7, 11) is 0. The second kappa shape index (κ2) is 24.2. The summed E-state index contributed by atoms with van der Waals surface area (Å²) in [6.45, 7) is 0. The van der Waals surface area contributed by atoms with E-state index in [0.717, 1.165) is 84.5 Å². The first-order chi connectivity index (χ1) is 49.6. The molecule has 0 aliphatic heterocycles. The van der Waals surface area contributed by atoms with Crippen molar-refractivity contribution >= 4 is 87.2 Å². The molecule has 0 saturated carbocycles. The summed E-state index contributed by atoms with van der Waals surface area (Å²) in [5.41, 5.74) is 24.6. The SMILES string of the molecule is c1ccc(-c2ccc(-c3cccc(-n4c5ccccc5c5cc(-c6ccc7c(c6)c6ccccc6n7-c6ccccc6)ccc54)n3)cn2)cc1.c1ccc(-n2c3ccccc3c3cc(-c4ccc5c(c4)c4ccccc4n5-c4cc(-c5ccccn5)nc(-c5ccccn5)c4)ccc32)cc1. The van der Waals surface area contributed by atoms with E-state index in [1.165, 1.54) is 93.1 Å². The zero-order chi connectivity index (χ0) is 66.0. The lowest BCUT2D eigenvalue weighted by molar-refractivity contribution is 1.08. The van der Waals surface area contributed by atoms with Crippen molar-refractivity contribution in [2.24, 2.45) is 0 Å². The quantitative estimate of drug-likeness (QED) is 0.136. The van der Waals surface area contributed by atoms with Crippen LogP contribution in [0.1, 0.15) is 0 Å². The first-order valence-corrected chi connectivity index (χ1v) is 33.7.